The zero-order chi connectivity index (χ0) is 12.5. The van der Waals surface area contributed by atoms with Crippen LogP contribution in [0.4, 0.5) is 8.78 Å². The molecule has 0 saturated heterocycles. The summed E-state index contributed by atoms with van der Waals surface area (Å²) in [5.74, 6) is -1.19. The zero-order valence-corrected chi connectivity index (χ0v) is 10.1. The standard InChI is InChI=1S/C12H18F2N2/c1-12(2,16(3)4)11(15)10-8(13)6-5-7-9(10)14/h5-7,11H,15H2,1-4H3. The molecule has 0 saturated carbocycles. The van der Waals surface area contributed by atoms with Gasteiger partial charge in [-0.1, -0.05) is 6.07 Å². The van der Waals surface area contributed by atoms with E-state index >= 15 is 0 Å². The number of nitrogens with two attached hydrogens (primary N) is 1. The summed E-state index contributed by atoms with van der Waals surface area (Å²) in [4.78, 5) is 1.85. The third-order valence-electron chi connectivity index (χ3n) is 3.22. The molecule has 1 unspecified atom stereocenters. The molecule has 4 heteroatoms. The van der Waals surface area contributed by atoms with Crippen molar-refractivity contribution in [2.75, 3.05) is 14.1 Å². The lowest BCUT2D eigenvalue weighted by atomic mass is 9.87. The highest BCUT2D eigenvalue weighted by atomic mass is 19.1. The highest BCUT2D eigenvalue weighted by Gasteiger charge is 2.33. The van der Waals surface area contributed by atoms with Crippen LogP contribution in [0.25, 0.3) is 0 Å². The molecule has 1 atom stereocenters. The fourth-order valence-electron chi connectivity index (χ4n) is 1.44. The summed E-state index contributed by atoms with van der Waals surface area (Å²) < 4.78 is 27.1. The first-order valence-electron chi connectivity index (χ1n) is 5.15. The van der Waals surface area contributed by atoms with Crippen molar-refractivity contribution in [3.63, 3.8) is 0 Å². The van der Waals surface area contributed by atoms with E-state index in [4.69, 9.17) is 5.73 Å². The number of halogens is 2. The number of benzene rings is 1. The van der Waals surface area contributed by atoms with Crippen molar-refractivity contribution in [3.8, 4) is 0 Å². The van der Waals surface area contributed by atoms with Gasteiger partial charge in [0.25, 0.3) is 0 Å². The molecule has 2 nitrogen and oxygen atoms in total. The Balaban J connectivity index is 3.19. The van der Waals surface area contributed by atoms with E-state index in [9.17, 15) is 8.78 Å². The molecule has 0 bridgehead atoms. The van der Waals surface area contributed by atoms with Crippen LogP contribution in [0, 0.1) is 11.6 Å². The maximum Gasteiger partial charge on any atom is 0.130 e. The van der Waals surface area contributed by atoms with E-state index in [0.717, 1.165) is 0 Å². The number of hydrogen-bond acceptors (Lipinski definition) is 2. The lowest BCUT2D eigenvalue weighted by Crippen LogP contribution is -2.48. The van der Waals surface area contributed by atoms with E-state index in [1.807, 2.05) is 32.8 Å². The van der Waals surface area contributed by atoms with Gasteiger partial charge in [-0.2, -0.15) is 0 Å². The molecule has 90 valence electrons. The van der Waals surface area contributed by atoms with Crippen molar-refractivity contribution >= 4 is 0 Å². The molecular formula is C12H18F2N2. The molecule has 1 aromatic rings. The molecule has 0 fully saturated rings. The van der Waals surface area contributed by atoms with Gasteiger partial charge in [0.15, 0.2) is 0 Å². The van der Waals surface area contributed by atoms with E-state index in [1.54, 1.807) is 0 Å². The normalized spacial score (nSPS) is 14.2. The molecule has 0 amide bonds. The fraction of sp³-hybridized carbons (Fsp3) is 0.500. The average Bonchev–Trinajstić information content (AvgIpc) is 2.16. The summed E-state index contributed by atoms with van der Waals surface area (Å²) in [7, 11) is 3.66. The molecular weight excluding hydrogens is 210 g/mol. The molecule has 2 N–H and O–H groups in total. The Bertz CT molecular complexity index is 355. The van der Waals surface area contributed by atoms with Crippen molar-refractivity contribution in [2.45, 2.75) is 25.4 Å². The Hall–Kier alpha value is -1.00. The molecule has 0 radical (unpaired) electrons. The predicted molar refractivity (Wildman–Crippen MR) is 61.1 cm³/mol. The van der Waals surface area contributed by atoms with Gasteiger partial charge < -0.3 is 10.6 Å². The minimum atomic E-state index is -0.719. The molecule has 0 heterocycles. The first-order valence-corrected chi connectivity index (χ1v) is 5.15. The molecule has 16 heavy (non-hydrogen) atoms. The van der Waals surface area contributed by atoms with Gasteiger partial charge in [0.1, 0.15) is 11.6 Å². The highest BCUT2D eigenvalue weighted by Crippen LogP contribution is 2.30. The average molecular weight is 228 g/mol. The largest absolute Gasteiger partial charge is 0.322 e. The van der Waals surface area contributed by atoms with E-state index < -0.39 is 23.2 Å². The Morgan fingerprint density at radius 3 is 2.00 bits per heavy atom. The van der Waals surface area contributed by atoms with Gasteiger partial charge in [-0.3, -0.25) is 0 Å². The molecule has 0 aliphatic rings. The number of nitrogens with zero attached hydrogens (tertiary/aromatic N) is 1. The summed E-state index contributed by atoms with van der Waals surface area (Å²) in [6.07, 6.45) is 0. The Morgan fingerprint density at radius 1 is 1.19 bits per heavy atom. The molecule has 1 aromatic carbocycles. The predicted octanol–water partition coefficient (Wildman–Crippen LogP) is 2.30. The topological polar surface area (TPSA) is 29.3 Å². The summed E-state index contributed by atoms with van der Waals surface area (Å²) in [6.45, 7) is 3.70. The summed E-state index contributed by atoms with van der Waals surface area (Å²) in [5, 5.41) is 0. The third kappa shape index (κ3) is 2.23. The van der Waals surface area contributed by atoms with Gasteiger partial charge in [-0.05, 0) is 40.1 Å². The lowest BCUT2D eigenvalue weighted by molar-refractivity contribution is 0.154. The molecule has 0 aliphatic carbocycles. The molecule has 0 spiro atoms. The van der Waals surface area contributed by atoms with Crippen LogP contribution >= 0.6 is 0 Å². The van der Waals surface area contributed by atoms with E-state index in [0.29, 0.717) is 0 Å². The number of likely N-dealkylation sites (N-methyl/N-ethyl adjacent to an activating group) is 1. The highest BCUT2D eigenvalue weighted by molar-refractivity contribution is 5.25. The maximum absolute atomic E-state index is 13.6. The molecule has 0 aliphatic heterocycles. The van der Waals surface area contributed by atoms with Gasteiger partial charge in [0.05, 0.1) is 6.04 Å². The second-order valence-electron chi connectivity index (χ2n) is 4.66. The van der Waals surface area contributed by atoms with Crippen molar-refractivity contribution in [2.24, 2.45) is 5.73 Å². The van der Waals surface area contributed by atoms with Crippen molar-refractivity contribution < 1.29 is 8.78 Å². The number of rotatable bonds is 3. The summed E-state index contributed by atoms with van der Waals surface area (Å²) in [5.41, 5.74) is 5.37. The first kappa shape index (κ1) is 13.1. The Kier molecular flexibility index (Phi) is 3.65. The van der Waals surface area contributed by atoms with Crippen LogP contribution in [-0.4, -0.2) is 24.5 Å². The van der Waals surface area contributed by atoms with E-state index in [-0.39, 0.29) is 5.56 Å². The summed E-state index contributed by atoms with van der Waals surface area (Å²) in [6, 6.07) is 3.07. The minimum Gasteiger partial charge on any atom is -0.322 e. The SMILES string of the molecule is CN(C)C(C)(C)C(N)c1c(F)cccc1F. The smallest absolute Gasteiger partial charge is 0.130 e. The van der Waals surface area contributed by atoms with E-state index in [1.165, 1.54) is 18.2 Å². The van der Waals surface area contributed by atoms with Crippen LogP contribution in [0.2, 0.25) is 0 Å². The molecule has 1 rings (SSSR count). The van der Waals surface area contributed by atoms with Gasteiger partial charge in [-0.25, -0.2) is 8.78 Å². The number of hydrogen-bond donors (Lipinski definition) is 1. The Labute approximate surface area is 95.1 Å². The van der Waals surface area contributed by atoms with Crippen LogP contribution in [0.5, 0.6) is 0 Å². The van der Waals surface area contributed by atoms with E-state index in [2.05, 4.69) is 0 Å². The van der Waals surface area contributed by atoms with Crippen molar-refractivity contribution in [1.82, 2.24) is 4.90 Å². The first-order chi connectivity index (χ1) is 7.28. The van der Waals surface area contributed by atoms with Crippen LogP contribution in [0.3, 0.4) is 0 Å². The quantitative estimate of drug-likeness (QED) is 0.860. The van der Waals surface area contributed by atoms with Gasteiger partial charge in [0, 0.05) is 11.1 Å². The van der Waals surface area contributed by atoms with Gasteiger partial charge >= 0.3 is 0 Å². The monoisotopic (exact) mass is 228 g/mol. The van der Waals surface area contributed by atoms with Crippen LogP contribution in [0.1, 0.15) is 25.5 Å². The zero-order valence-electron chi connectivity index (χ0n) is 10.1. The molecule has 0 aromatic heterocycles. The van der Waals surface area contributed by atoms with Crippen molar-refractivity contribution in [1.29, 1.82) is 0 Å². The van der Waals surface area contributed by atoms with Gasteiger partial charge in [-0.15, -0.1) is 0 Å². The van der Waals surface area contributed by atoms with Crippen LogP contribution in [0.15, 0.2) is 18.2 Å². The summed E-state index contributed by atoms with van der Waals surface area (Å²) >= 11 is 0. The maximum atomic E-state index is 13.6. The fourth-order valence-corrected chi connectivity index (χ4v) is 1.44. The van der Waals surface area contributed by atoms with Crippen LogP contribution in [-0.2, 0) is 0 Å². The second kappa shape index (κ2) is 4.47. The lowest BCUT2D eigenvalue weighted by Gasteiger charge is -2.38. The third-order valence-corrected chi connectivity index (χ3v) is 3.22. The van der Waals surface area contributed by atoms with Gasteiger partial charge in [0.2, 0.25) is 0 Å². The van der Waals surface area contributed by atoms with Crippen molar-refractivity contribution in [3.05, 3.63) is 35.4 Å². The van der Waals surface area contributed by atoms with Crippen LogP contribution < -0.4 is 5.73 Å². The second-order valence-corrected chi connectivity index (χ2v) is 4.66. The minimum absolute atomic E-state index is 0.0544. The Morgan fingerprint density at radius 2 is 1.62 bits per heavy atom.